The highest BCUT2D eigenvalue weighted by Crippen LogP contribution is 2.16. The first-order valence-electron chi connectivity index (χ1n) is 5.86. The van der Waals surface area contributed by atoms with Crippen LogP contribution in [-0.4, -0.2) is 44.7 Å². The number of ether oxygens (including phenoxy) is 1. The van der Waals surface area contributed by atoms with E-state index in [4.69, 9.17) is 4.74 Å². The molecule has 0 bridgehead atoms. The lowest BCUT2D eigenvalue weighted by atomic mass is 10.1. The van der Waals surface area contributed by atoms with E-state index in [9.17, 15) is 8.42 Å². The Bertz CT molecular complexity index is 300. The lowest BCUT2D eigenvalue weighted by Gasteiger charge is -2.24. The highest BCUT2D eigenvalue weighted by Gasteiger charge is 2.27. The molecule has 16 heavy (non-hydrogen) atoms. The van der Waals surface area contributed by atoms with E-state index in [0.29, 0.717) is 32.6 Å². The predicted octanol–water partition coefficient (Wildman–Crippen LogP) is 0.968. The minimum atomic E-state index is -2.95. The van der Waals surface area contributed by atoms with Gasteiger partial charge in [0.05, 0.1) is 11.0 Å². The highest BCUT2D eigenvalue weighted by atomic mass is 32.2. The maximum absolute atomic E-state index is 12.0. The van der Waals surface area contributed by atoms with Gasteiger partial charge in [-0.3, -0.25) is 0 Å². The smallest absolute Gasteiger partial charge is 0.154 e. The summed E-state index contributed by atoms with van der Waals surface area (Å²) in [4.78, 5) is 0. The molecule has 1 aliphatic rings. The van der Waals surface area contributed by atoms with E-state index in [1.807, 2.05) is 20.8 Å². The van der Waals surface area contributed by atoms with Crippen LogP contribution in [0.1, 0.15) is 33.6 Å². The van der Waals surface area contributed by atoms with E-state index in [0.717, 1.165) is 0 Å². The lowest BCUT2D eigenvalue weighted by molar-refractivity contribution is 0.0983. The molecule has 1 heterocycles. The van der Waals surface area contributed by atoms with Gasteiger partial charge in [-0.15, -0.1) is 0 Å². The number of rotatable bonds is 4. The van der Waals surface area contributed by atoms with Crippen molar-refractivity contribution in [3.8, 4) is 0 Å². The van der Waals surface area contributed by atoms with Gasteiger partial charge in [0.25, 0.3) is 0 Å². The molecule has 0 amide bonds. The zero-order valence-corrected chi connectivity index (χ0v) is 11.3. The number of hydrogen-bond acceptors (Lipinski definition) is 4. The molecular weight excluding hydrogens is 226 g/mol. The van der Waals surface area contributed by atoms with Gasteiger partial charge in [-0.1, -0.05) is 0 Å². The van der Waals surface area contributed by atoms with E-state index in [1.165, 1.54) is 0 Å². The summed E-state index contributed by atoms with van der Waals surface area (Å²) in [5, 5.41) is 3.01. The van der Waals surface area contributed by atoms with Crippen LogP contribution in [0.4, 0.5) is 0 Å². The zero-order valence-electron chi connectivity index (χ0n) is 10.5. The van der Waals surface area contributed by atoms with Crippen molar-refractivity contribution in [1.29, 1.82) is 0 Å². The van der Waals surface area contributed by atoms with Crippen LogP contribution in [0.2, 0.25) is 0 Å². The summed E-state index contributed by atoms with van der Waals surface area (Å²) in [6, 6.07) is 0. The molecule has 0 aliphatic carbocycles. The van der Waals surface area contributed by atoms with Gasteiger partial charge in [0.1, 0.15) is 0 Å². The lowest BCUT2D eigenvalue weighted by Crippen LogP contribution is -2.41. The van der Waals surface area contributed by atoms with Crippen molar-refractivity contribution < 1.29 is 13.2 Å². The molecule has 1 fully saturated rings. The molecule has 1 N–H and O–H groups in total. The van der Waals surface area contributed by atoms with Gasteiger partial charge in [0, 0.05) is 25.3 Å². The van der Waals surface area contributed by atoms with Crippen molar-refractivity contribution in [2.24, 2.45) is 0 Å². The predicted molar refractivity (Wildman–Crippen MR) is 65.4 cm³/mol. The average Bonchev–Trinajstić information content (AvgIpc) is 2.17. The standard InChI is InChI=1S/C11H23NO3S/c1-11(2,3)12-6-9-16(13,14)10-4-7-15-8-5-10/h10,12H,4-9H2,1-3H3. The number of hydrogen-bond donors (Lipinski definition) is 1. The first-order chi connectivity index (χ1) is 7.31. The van der Waals surface area contributed by atoms with Crippen LogP contribution in [0.3, 0.4) is 0 Å². The molecule has 1 aliphatic heterocycles. The molecule has 0 saturated carbocycles. The molecule has 0 aromatic rings. The number of sulfone groups is 1. The van der Waals surface area contributed by atoms with Crippen molar-refractivity contribution >= 4 is 9.84 Å². The molecule has 0 spiro atoms. The minimum Gasteiger partial charge on any atom is -0.381 e. The molecular formula is C11H23NO3S. The molecule has 0 unspecified atom stereocenters. The Labute approximate surface area is 98.7 Å². The van der Waals surface area contributed by atoms with Gasteiger partial charge in [-0.2, -0.15) is 0 Å². The maximum Gasteiger partial charge on any atom is 0.154 e. The van der Waals surface area contributed by atoms with Gasteiger partial charge in [0.15, 0.2) is 9.84 Å². The second-order valence-corrected chi connectivity index (χ2v) is 7.76. The third-order valence-corrected chi connectivity index (χ3v) is 4.98. The monoisotopic (exact) mass is 249 g/mol. The summed E-state index contributed by atoms with van der Waals surface area (Å²) in [5.41, 5.74) is -0.0226. The Balaban J connectivity index is 2.39. The van der Waals surface area contributed by atoms with Gasteiger partial charge >= 0.3 is 0 Å². The van der Waals surface area contributed by atoms with Crippen molar-refractivity contribution in [2.45, 2.75) is 44.4 Å². The highest BCUT2D eigenvalue weighted by molar-refractivity contribution is 7.92. The molecule has 96 valence electrons. The van der Waals surface area contributed by atoms with Gasteiger partial charge < -0.3 is 10.1 Å². The fourth-order valence-electron chi connectivity index (χ4n) is 1.77. The molecule has 5 heteroatoms. The Hall–Kier alpha value is -0.130. The zero-order chi connectivity index (χ0) is 12.2. The van der Waals surface area contributed by atoms with Crippen LogP contribution in [0.25, 0.3) is 0 Å². The quantitative estimate of drug-likeness (QED) is 0.806. The summed E-state index contributed by atoms with van der Waals surface area (Å²) in [6.07, 6.45) is 1.30. The molecule has 0 atom stereocenters. The Morgan fingerprint density at radius 3 is 2.31 bits per heavy atom. The fraction of sp³-hybridized carbons (Fsp3) is 1.00. The van der Waals surface area contributed by atoms with E-state index < -0.39 is 9.84 Å². The maximum atomic E-state index is 12.0. The summed E-state index contributed by atoms with van der Waals surface area (Å²) >= 11 is 0. The van der Waals surface area contributed by atoms with Crippen molar-refractivity contribution in [2.75, 3.05) is 25.5 Å². The SMILES string of the molecule is CC(C)(C)NCCS(=O)(=O)C1CCOCC1. The number of nitrogens with one attached hydrogen (secondary N) is 1. The second kappa shape index (κ2) is 5.47. The van der Waals surface area contributed by atoms with Crippen LogP contribution in [0, 0.1) is 0 Å². The van der Waals surface area contributed by atoms with E-state index in [-0.39, 0.29) is 16.5 Å². The minimum absolute atomic E-state index is 0.0226. The molecule has 1 rings (SSSR count). The van der Waals surface area contributed by atoms with Crippen LogP contribution in [0.15, 0.2) is 0 Å². The third kappa shape index (κ3) is 4.80. The average molecular weight is 249 g/mol. The first kappa shape index (κ1) is 13.9. The summed E-state index contributed by atoms with van der Waals surface area (Å²) in [6.45, 7) is 7.80. The molecule has 4 nitrogen and oxygen atoms in total. The van der Waals surface area contributed by atoms with Gasteiger partial charge in [0.2, 0.25) is 0 Å². The van der Waals surface area contributed by atoms with Crippen LogP contribution < -0.4 is 5.32 Å². The van der Waals surface area contributed by atoms with Crippen molar-refractivity contribution in [3.63, 3.8) is 0 Å². The summed E-state index contributed by atoms with van der Waals surface area (Å²) in [7, 11) is -2.95. The Morgan fingerprint density at radius 2 is 1.81 bits per heavy atom. The molecule has 0 radical (unpaired) electrons. The van der Waals surface area contributed by atoms with Gasteiger partial charge in [-0.05, 0) is 33.6 Å². The van der Waals surface area contributed by atoms with E-state index >= 15 is 0 Å². The first-order valence-corrected chi connectivity index (χ1v) is 7.57. The molecule has 0 aromatic carbocycles. The molecule has 0 aromatic heterocycles. The van der Waals surface area contributed by atoms with E-state index in [2.05, 4.69) is 5.32 Å². The summed E-state index contributed by atoms with van der Waals surface area (Å²) < 4.78 is 29.1. The van der Waals surface area contributed by atoms with Crippen molar-refractivity contribution in [1.82, 2.24) is 5.32 Å². The largest absolute Gasteiger partial charge is 0.381 e. The second-order valence-electron chi connectivity index (χ2n) is 5.36. The van der Waals surface area contributed by atoms with Crippen LogP contribution in [-0.2, 0) is 14.6 Å². The Morgan fingerprint density at radius 1 is 1.25 bits per heavy atom. The Kier molecular flexibility index (Phi) is 4.76. The fourth-order valence-corrected chi connectivity index (χ4v) is 3.40. The summed E-state index contributed by atoms with van der Waals surface area (Å²) in [5.74, 6) is 0.231. The van der Waals surface area contributed by atoms with Gasteiger partial charge in [-0.25, -0.2) is 8.42 Å². The van der Waals surface area contributed by atoms with Crippen LogP contribution >= 0.6 is 0 Å². The topological polar surface area (TPSA) is 55.4 Å². The molecule has 1 saturated heterocycles. The normalized spacial score (nSPS) is 19.9. The van der Waals surface area contributed by atoms with E-state index in [1.54, 1.807) is 0 Å². The third-order valence-electron chi connectivity index (χ3n) is 2.72. The van der Waals surface area contributed by atoms with Crippen molar-refractivity contribution in [3.05, 3.63) is 0 Å². The van der Waals surface area contributed by atoms with Crippen LogP contribution in [0.5, 0.6) is 0 Å².